The van der Waals surface area contributed by atoms with E-state index in [9.17, 15) is 9.59 Å². The van der Waals surface area contributed by atoms with Crippen molar-refractivity contribution in [1.82, 2.24) is 9.80 Å². The van der Waals surface area contributed by atoms with E-state index in [-0.39, 0.29) is 23.8 Å². The molecule has 1 atom stereocenters. The third-order valence-corrected chi connectivity index (χ3v) is 5.63. The lowest BCUT2D eigenvalue weighted by atomic mass is 10.1. The molecule has 2 fully saturated rings. The van der Waals surface area contributed by atoms with Crippen molar-refractivity contribution < 1.29 is 14.3 Å². The van der Waals surface area contributed by atoms with Crippen LogP contribution in [0.1, 0.15) is 25.3 Å². The van der Waals surface area contributed by atoms with Crippen molar-refractivity contribution in [3.63, 3.8) is 0 Å². The third-order valence-electron chi connectivity index (χ3n) is 5.22. The number of anilines is 1. The van der Waals surface area contributed by atoms with Crippen LogP contribution in [0.15, 0.2) is 12.1 Å². The van der Waals surface area contributed by atoms with E-state index in [2.05, 4.69) is 10.2 Å². The molecule has 7 heteroatoms. The van der Waals surface area contributed by atoms with Crippen LogP contribution in [0.3, 0.4) is 0 Å². The van der Waals surface area contributed by atoms with Gasteiger partial charge in [-0.3, -0.25) is 14.5 Å². The minimum atomic E-state index is -0.283. The zero-order valence-corrected chi connectivity index (χ0v) is 16.3. The van der Waals surface area contributed by atoms with Crippen LogP contribution in [-0.2, 0) is 9.59 Å². The maximum Gasteiger partial charge on any atom is 0.241 e. The Morgan fingerprint density at radius 3 is 2.46 bits per heavy atom. The fourth-order valence-electron chi connectivity index (χ4n) is 3.25. The Hall–Kier alpha value is -1.79. The molecule has 1 unspecified atom stereocenters. The highest BCUT2D eigenvalue weighted by atomic mass is 35.5. The number of carbonyl (C=O) groups excluding carboxylic acids is 2. The van der Waals surface area contributed by atoms with Gasteiger partial charge in [-0.25, -0.2) is 0 Å². The Kier molecular flexibility index (Phi) is 5.73. The summed E-state index contributed by atoms with van der Waals surface area (Å²) in [5.41, 5.74) is 1.50. The van der Waals surface area contributed by atoms with E-state index in [0.717, 1.165) is 18.4 Å². The van der Waals surface area contributed by atoms with Crippen molar-refractivity contribution in [3.05, 3.63) is 22.7 Å². The first-order valence-electron chi connectivity index (χ1n) is 9.08. The number of rotatable bonds is 5. The molecule has 0 aromatic heterocycles. The summed E-state index contributed by atoms with van der Waals surface area (Å²) in [5.74, 6) is 0.985. The summed E-state index contributed by atoms with van der Waals surface area (Å²) < 4.78 is 5.32. The van der Waals surface area contributed by atoms with Gasteiger partial charge in [-0.1, -0.05) is 11.6 Å². The van der Waals surface area contributed by atoms with Crippen LogP contribution < -0.4 is 10.1 Å². The number of amides is 2. The SMILES string of the molecule is COc1cc(Cl)c(C)cc1NC(=O)C(C)N1CCN(C(=O)C2CC2)CC1. The largest absolute Gasteiger partial charge is 0.495 e. The Labute approximate surface area is 159 Å². The molecule has 0 bridgehead atoms. The van der Waals surface area contributed by atoms with E-state index >= 15 is 0 Å². The van der Waals surface area contributed by atoms with Crippen molar-refractivity contribution >= 4 is 29.1 Å². The second-order valence-electron chi connectivity index (χ2n) is 7.10. The summed E-state index contributed by atoms with van der Waals surface area (Å²) in [7, 11) is 1.55. The van der Waals surface area contributed by atoms with Gasteiger partial charge >= 0.3 is 0 Å². The van der Waals surface area contributed by atoms with Gasteiger partial charge in [-0.05, 0) is 38.3 Å². The lowest BCUT2D eigenvalue weighted by Crippen LogP contribution is -2.54. The van der Waals surface area contributed by atoms with E-state index in [4.69, 9.17) is 16.3 Å². The van der Waals surface area contributed by atoms with Gasteiger partial charge in [0.25, 0.3) is 0 Å². The maximum absolute atomic E-state index is 12.7. The van der Waals surface area contributed by atoms with Gasteiger partial charge in [0.15, 0.2) is 0 Å². The van der Waals surface area contributed by atoms with E-state index in [0.29, 0.717) is 42.6 Å². The van der Waals surface area contributed by atoms with Crippen LogP contribution in [0.4, 0.5) is 5.69 Å². The Morgan fingerprint density at radius 2 is 1.88 bits per heavy atom. The normalized spacial score (nSPS) is 19.2. The van der Waals surface area contributed by atoms with E-state index in [1.54, 1.807) is 13.2 Å². The Balaban J connectivity index is 1.58. The van der Waals surface area contributed by atoms with Gasteiger partial charge in [0, 0.05) is 43.2 Å². The van der Waals surface area contributed by atoms with E-state index in [1.807, 2.05) is 24.8 Å². The Morgan fingerprint density at radius 1 is 1.23 bits per heavy atom. The fraction of sp³-hybridized carbons (Fsp3) is 0.579. The molecule has 1 heterocycles. The number of benzene rings is 1. The fourth-order valence-corrected chi connectivity index (χ4v) is 3.40. The van der Waals surface area contributed by atoms with Crippen LogP contribution in [-0.4, -0.2) is 60.9 Å². The summed E-state index contributed by atoms with van der Waals surface area (Å²) in [4.78, 5) is 28.9. The van der Waals surface area contributed by atoms with Crippen molar-refractivity contribution in [3.8, 4) is 5.75 Å². The number of ether oxygens (including phenoxy) is 1. The van der Waals surface area contributed by atoms with Crippen LogP contribution in [0, 0.1) is 12.8 Å². The van der Waals surface area contributed by atoms with Crippen LogP contribution in [0.5, 0.6) is 5.75 Å². The summed E-state index contributed by atoms with van der Waals surface area (Å²) in [5, 5.41) is 3.55. The number of nitrogens with one attached hydrogen (secondary N) is 1. The number of hydrogen-bond acceptors (Lipinski definition) is 4. The number of halogens is 1. The molecule has 1 aromatic carbocycles. The lowest BCUT2D eigenvalue weighted by molar-refractivity contribution is -0.135. The van der Waals surface area contributed by atoms with E-state index < -0.39 is 0 Å². The number of hydrogen-bond donors (Lipinski definition) is 1. The molecule has 6 nitrogen and oxygen atoms in total. The van der Waals surface area contributed by atoms with Crippen LogP contribution in [0.2, 0.25) is 5.02 Å². The summed E-state index contributed by atoms with van der Waals surface area (Å²) >= 11 is 6.12. The average Bonchev–Trinajstić information content (AvgIpc) is 3.48. The highest BCUT2D eigenvalue weighted by molar-refractivity contribution is 6.31. The van der Waals surface area contributed by atoms with Crippen LogP contribution >= 0.6 is 11.6 Å². The second kappa shape index (κ2) is 7.84. The molecular formula is C19H26ClN3O3. The second-order valence-corrected chi connectivity index (χ2v) is 7.51. The molecule has 2 aliphatic rings. The number of aryl methyl sites for hydroxylation is 1. The molecule has 1 N–H and O–H groups in total. The first-order chi connectivity index (χ1) is 12.4. The molecule has 2 amide bonds. The predicted molar refractivity (Wildman–Crippen MR) is 102 cm³/mol. The zero-order chi connectivity index (χ0) is 18.8. The number of nitrogens with zero attached hydrogens (tertiary/aromatic N) is 2. The summed E-state index contributed by atoms with van der Waals surface area (Å²) in [6.07, 6.45) is 2.06. The van der Waals surface area contributed by atoms with Gasteiger partial charge in [-0.2, -0.15) is 0 Å². The Bertz CT molecular complexity index is 698. The van der Waals surface area contributed by atoms with Gasteiger partial charge in [0.1, 0.15) is 5.75 Å². The van der Waals surface area contributed by atoms with Gasteiger partial charge in [0.2, 0.25) is 11.8 Å². The monoisotopic (exact) mass is 379 g/mol. The number of methoxy groups -OCH3 is 1. The van der Waals surface area contributed by atoms with Crippen molar-refractivity contribution in [2.24, 2.45) is 5.92 Å². The molecule has 142 valence electrons. The minimum Gasteiger partial charge on any atom is -0.495 e. The van der Waals surface area contributed by atoms with Crippen molar-refractivity contribution in [2.45, 2.75) is 32.7 Å². The molecule has 1 aromatic rings. The predicted octanol–water partition coefficient (Wildman–Crippen LogP) is 2.54. The van der Waals surface area contributed by atoms with Crippen molar-refractivity contribution in [1.29, 1.82) is 0 Å². The smallest absolute Gasteiger partial charge is 0.241 e. The van der Waals surface area contributed by atoms with E-state index in [1.165, 1.54) is 0 Å². The molecule has 1 saturated heterocycles. The first-order valence-corrected chi connectivity index (χ1v) is 9.46. The van der Waals surface area contributed by atoms with Gasteiger partial charge in [0.05, 0.1) is 18.8 Å². The standard InChI is InChI=1S/C19H26ClN3O3/c1-12-10-16(17(26-3)11-15(12)20)21-18(24)13(2)22-6-8-23(9-7-22)19(25)14-4-5-14/h10-11,13-14H,4-9H2,1-3H3,(H,21,24). The summed E-state index contributed by atoms with van der Waals surface area (Å²) in [6, 6.07) is 3.24. The molecular weight excluding hydrogens is 354 g/mol. The highest BCUT2D eigenvalue weighted by Gasteiger charge is 2.35. The molecule has 26 heavy (non-hydrogen) atoms. The lowest BCUT2D eigenvalue weighted by Gasteiger charge is -2.37. The number of carbonyl (C=O) groups is 2. The summed E-state index contributed by atoms with van der Waals surface area (Å²) in [6.45, 7) is 6.58. The minimum absolute atomic E-state index is 0.0907. The number of piperazine rings is 1. The average molecular weight is 380 g/mol. The van der Waals surface area contributed by atoms with Gasteiger partial charge in [-0.15, -0.1) is 0 Å². The third kappa shape index (κ3) is 4.13. The quantitative estimate of drug-likeness (QED) is 0.854. The molecule has 0 spiro atoms. The molecule has 1 saturated carbocycles. The van der Waals surface area contributed by atoms with Crippen molar-refractivity contribution in [2.75, 3.05) is 38.6 Å². The molecule has 3 rings (SSSR count). The molecule has 0 radical (unpaired) electrons. The first kappa shape index (κ1) is 19.0. The molecule has 1 aliphatic carbocycles. The topological polar surface area (TPSA) is 61.9 Å². The zero-order valence-electron chi connectivity index (χ0n) is 15.5. The van der Waals surface area contributed by atoms with Crippen LogP contribution in [0.25, 0.3) is 0 Å². The maximum atomic E-state index is 12.7. The van der Waals surface area contributed by atoms with Gasteiger partial charge < -0.3 is 15.0 Å². The molecule has 1 aliphatic heterocycles. The highest BCUT2D eigenvalue weighted by Crippen LogP contribution is 2.32.